The maximum atomic E-state index is 6.27. The van der Waals surface area contributed by atoms with Crippen LogP contribution in [0.15, 0.2) is 223 Å². The van der Waals surface area contributed by atoms with Gasteiger partial charge in [0.25, 0.3) is 0 Å². The third-order valence-electron chi connectivity index (χ3n) is 12.4. The summed E-state index contributed by atoms with van der Waals surface area (Å²) in [6.45, 7) is 0. The fraction of sp³-hybridized carbons (Fsp3) is 0.0357. The summed E-state index contributed by atoms with van der Waals surface area (Å²) in [6, 6.07) is 70.6. The lowest BCUT2D eigenvalue weighted by molar-refractivity contribution is 0.669. The number of hydrogen-bond donors (Lipinski definition) is 0. The fourth-order valence-electron chi connectivity index (χ4n) is 9.65. The lowest BCUT2D eigenvalue weighted by Crippen LogP contribution is -2.28. The van der Waals surface area contributed by atoms with Crippen molar-refractivity contribution >= 4 is 71.9 Å². The van der Waals surface area contributed by atoms with Crippen molar-refractivity contribution in [3.05, 3.63) is 224 Å². The zero-order valence-electron chi connectivity index (χ0n) is 32.2. The van der Waals surface area contributed by atoms with E-state index >= 15 is 0 Å². The lowest BCUT2D eigenvalue weighted by Gasteiger charge is -2.29. The molecule has 9 aromatic carbocycles. The van der Waals surface area contributed by atoms with Crippen LogP contribution in [0.4, 0.5) is 28.4 Å². The van der Waals surface area contributed by atoms with Crippen LogP contribution in [-0.2, 0) is 0 Å². The Hall–Kier alpha value is -7.62. The molecule has 0 spiro atoms. The Labute approximate surface area is 343 Å². The Morgan fingerprint density at radius 1 is 0.424 bits per heavy atom. The highest BCUT2D eigenvalue weighted by Crippen LogP contribution is 2.51. The molecule has 0 bridgehead atoms. The second-order valence-corrected chi connectivity index (χ2v) is 15.7. The lowest BCUT2D eigenvalue weighted by atomic mass is 9.88. The third kappa shape index (κ3) is 5.50. The van der Waals surface area contributed by atoms with Crippen LogP contribution in [0.3, 0.4) is 0 Å². The predicted molar refractivity (Wildman–Crippen MR) is 248 cm³/mol. The van der Waals surface area contributed by atoms with Crippen LogP contribution < -0.4 is 9.80 Å². The van der Waals surface area contributed by atoms with Crippen molar-refractivity contribution in [2.45, 2.75) is 12.0 Å². The summed E-state index contributed by atoms with van der Waals surface area (Å²) in [5, 5.41) is 7.32. The average Bonchev–Trinajstić information content (AvgIpc) is 3.85. The van der Waals surface area contributed by atoms with Gasteiger partial charge in [-0.15, -0.1) is 0 Å². The van der Waals surface area contributed by atoms with Crippen LogP contribution in [0.25, 0.3) is 65.7 Å². The number of rotatable bonds is 6. The number of nitrogens with zero attached hydrogens (tertiary/aromatic N) is 2. The second-order valence-electron chi connectivity index (χ2n) is 15.7. The van der Waals surface area contributed by atoms with Gasteiger partial charge in [-0.05, 0) is 116 Å². The number of fused-ring (bicyclic) bond motifs is 9. The van der Waals surface area contributed by atoms with Crippen molar-refractivity contribution in [1.82, 2.24) is 0 Å². The zero-order chi connectivity index (χ0) is 38.9. The summed E-state index contributed by atoms with van der Waals surface area (Å²) in [5.41, 5.74) is 13.7. The van der Waals surface area contributed by atoms with E-state index < -0.39 is 0 Å². The van der Waals surface area contributed by atoms with Crippen molar-refractivity contribution in [3.63, 3.8) is 0 Å². The van der Waals surface area contributed by atoms with Crippen molar-refractivity contribution in [2.24, 2.45) is 0 Å². The Bertz CT molecular complexity index is 3310. The third-order valence-corrected chi connectivity index (χ3v) is 12.4. The minimum absolute atomic E-state index is 0.223. The van der Waals surface area contributed by atoms with Crippen LogP contribution in [0.1, 0.15) is 11.5 Å². The van der Waals surface area contributed by atoms with Crippen molar-refractivity contribution in [1.29, 1.82) is 0 Å². The summed E-state index contributed by atoms with van der Waals surface area (Å²) in [5.74, 6) is 0.299. The maximum absolute atomic E-state index is 6.27. The van der Waals surface area contributed by atoms with Gasteiger partial charge in [0.2, 0.25) is 0 Å². The highest BCUT2D eigenvalue weighted by Gasteiger charge is 2.38. The van der Waals surface area contributed by atoms with Crippen LogP contribution >= 0.6 is 0 Å². The first-order valence-corrected chi connectivity index (χ1v) is 20.4. The Kier molecular flexibility index (Phi) is 7.67. The van der Waals surface area contributed by atoms with Gasteiger partial charge in [-0.1, -0.05) is 152 Å². The molecule has 0 N–H and O–H groups in total. The highest BCUT2D eigenvalue weighted by molar-refractivity contribution is 6.07. The van der Waals surface area contributed by atoms with Gasteiger partial charge in [-0.25, -0.2) is 0 Å². The average molecular weight is 755 g/mol. The largest absolute Gasteiger partial charge is 0.456 e. The fourth-order valence-corrected chi connectivity index (χ4v) is 9.65. The van der Waals surface area contributed by atoms with Crippen LogP contribution in [0.5, 0.6) is 0 Å². The summed E-state index contributed by atoms with van der Waals surface area (Å²) in [7, 11) is 0. The molecule has 1 aliphatic heterocycles. The van der Waals surface area contributed by atoms with E-state index in [0.717, 1.165) is 39.0 Å². The summed E-state index contributed by atoms with van der Waals surface area (Å²) >= 11 is 0. The topological polar surface area (TPSA) is 19.6 Å². The number of para-hydroxylation sites is 1. The summed E-state index contributed by atoms with van der Waals surface area (Å²) in [4.78, 5) is 4.90. The Morgan fingerprint density at radius 3 is 2.00 bits per heavy atom. The molecule has 278 valence electrons. The van der Waals surface area contributed by atoms with E-state index in [1.54, 1.807) is 0 Å². The van der Waals surface area contributed by atoms with Gasteiger partial charge < -0.3 is 14.2 Å². The molecule has 2 unspecified atom stereocenters. The highest BCUT2D eigenvalue weighted by atomic mass is 16.3. The van der Waals surface area contributed by atoms with Gasteiger partial charge in [-0.2, -0.15) is 0 Å². The van der Waals surface area contributed by atoms with Gasteiger partial charge in [0.15, 0.2) is 0 Å². The SMILES string of the molecule is C1=CC2c3c(ccc4ccccc34)N(c3cccc(-c4ccc(N(c5cccc(-c6cccc7ccccc67)c5)c5ccc6oc7ccccc7c6c5)cc4)c3)C2C=C1. The number of allylic oxidation sites excluding steroid dienone is 2. The van der Waals surface area contributed by atoms with Gasteiger partial charge in [0.1, 0.15) is 11.2 Å². The van der Waals surface area contributed by atoms with E-state index in [0.29, 0.717) is 5.92 Å². The second kappa shape index (κ2) is 13.5. The monoisotopic (exact) mass is 754 g/mol. The number of hydrogen-bond acceptors (Lipinski definition) is 3. The molecule has 1 aromatic heterocycles. The standard InChI is InChI=1S/C56H38N2O/c1-3-19-46-38(12-1)14-11-23-47(46)41-16-10-17-43(35-41)57(45-31-33-55-51(36-45)49-21-6-8-25-54(49)59-55)42-29-26-37(27-30-42)40-15-9-18-44(34-40)58-52-24-7-5-22-50(52)56-48-20-4-2-13-39(48)28-32-53(56)58/h1-36,50,52H. The molecule has 2 atom stereocenters. The normalized spacial score (nSPS) is 15.6. The minimum atomic E-state index is 0.223. The Morgan fingerprint density at radius 2 is 1.10 bits per heavy atom. The molecule has 0 radical (unpaired) electrons. The summed E-state index contributed by atoms with van der Waals surface area (Å²) in [6.07, 6.45) is 9.12. The summed E-state index contributed by atoms with van der Waals surface area (Å²) < 4.78 is 6.27. The predicted octanol–water partition coefficient (Wildman–Crippen LogP) is 15.4. The van der Waals surface area contributed by atoms with Crippen molar-refractivity contribution in [3.8, 4) is 22.3 Å². The first kappa shape index (κ1) is 33.5. The minimum Gasteiger partial charge on any atom is -0.456 e. The molecule has 3 nitrogen and oxygen atoms in total. The quantitative estimate of drug-likeness (QED) is 0.169. The molecule has 3 heteroatoms. The number of anilines is 5. The molecular formula is C56H38N2O. The zero-order valence-corrected chi connectivity index (χ0v) is 32.2. The van der Waals surface area contributed by atoms with E-state index in [4.69, 9.17) is 4.42 Å². The molecule has 1 aliphatic carbocycles. The van der Waals surface area contributed by atoms with Crippen molar-refractivity contribution in [2.75, 3.05) is 9.80 Å². The first-order valence-electron chi connectivity index (χ1n) is 20.4. The van der Waals surface area contributed by atoms with Gasteiger partial charge in [0, 0.05) is 45.1 Å². The van der Waals surface area contributed by atoms with E-state index in [1.165, 1.54) is 60.7 Å². The molecule has 0 saturated carbocycles. The molecule has 59 heavy (non-hydrogen) atoms. The van der Waals surface area contributed by atoms with E-state index in [2.05, 4.69) is 216 Å². The molecular weight excluding hydrogens is 717 g/mol. The van der Waals surface area contributed by atoms with Crippen LogP contribution in [0.2, 0.25) is 0 Å². The van der Waals surface area contributed by atoms with Crippen LogP contribution in [0, 0.1) is 0 Å². The Balaban J connectivity index is 0.955. The smallest absolute Gasteiger partial charge is 0.135 e. The van der Waals surface area contributed by atoms with Gasteiger partial charge in [0.05, 0.1) is 6.04 Å². The molecule has 2 heterocycles. The molecule has 0 fully saturated rings. The maximum Gasteiger partial charge on any atom is 0.135 e. The van der Waals surface area contributed by atoms with Crippen LogP contribution in [-0.4, -0.2) is 6.04 Å². The first-order chi connectivity index (χ1) is 29.2. The molecule has 0 saturated heterocycles. The van der Waals surface area contributed by atoms with E-state index in [1.807, 2.05) is 12.1 Å². The molecule has 10 aromatic rings. The van der Waals surface area contributed by atoms with Gasteiger partial charge in [-0.3, -0.25) is 0 Å². The molecule has 0 amide bonds. The van der Waals surface area contributed by atoms with Gasteiger partial charge >= 0.3 is 0 Å². The van der Waals surface area contributed by atoms with E-state index in [-0.39, 0.29) is 6.04 Å². The number of benzene rings is 9. The van der Waals surface area contributed by atoms with Crippen molar-refractivity contribution < 1.29 is 4.42 Å². The molecule has 2 aliphatic rings. The van der Waals surface area contributed by atoms with E-state index in [9.17, 15) is 0 Å². The number of furan rings is 1. The molecule has 12 rings (SSSR count).